The molecule has 4 nitrogen and oxygen atoms in total. The van der Waals surface area contributed by atoms with E-state index in [2.05, 4.69) is 19.2 Å². The van der Waals surface area contributed by atoms with Gasteiger partial charge in [-0.05, 0) is 45.2 Å². The highest BCUT2D eigenvalue weighted by Crippen LogP contribution is 2.34. The summed E-state index contributed by atoms with van der Waals surface area (Å²) in [5, 5.41) is 3.37. The molecule has 2 rings (SSSR count). The molecule has 0 aromatic carbocycles. The summed E-state index contributed by atoms with van der Waals surface area (Å²) >= 11 is 0. The van der Waals surface area contributed by atoms with Crippen molar-refractivity contribution < 1.29 is 4.74 Å². The van der Waals surface area contributed by atoms with Crippen LogP contribution in [-0.4, -0.2) is 36.8 Å². The minimum Gasteiger partial charge on any atom is -0.383 e. The van der Waals surface area contributed by atoms with E-state index in [9.17, 15) is 0 Å². The summed E-state index contributed by atoms with van der Waals surface area (Å²) in [5.74, 6) is 1.68. The van der Waals surface area contributed by atoms with Crippen LogP contribution in [-0.2, 0) is 11.2 Å². The van der Waals surface area contributed by atoms with Crippen LogP contribution < -0.4 is 5.32 Å². The fraction of sp³-hybridized carbons (Fsp3) is 0.733. The van der Waals surface area contributed by atoms with Gasteiger partial charge in [0.15, 0.2) is 0 Å². The lowest BCUT2D eigenvalue weighted by molar-refractivity contribution is 0.199. The van der Waals surface area contributed by atoms with E-state index >= 15 is 0 Å². The molecule has 1 aliphatic rings. The molecule has 106 valence electrons. The van der Waals surface area contributed by atoms with E-state index in [1.54, 1.807) is 7.11 Å². The largest absolute Gasteiger partial charge is 0.383 e. The lowest BCUT2D eigenvalue weighted by Gasteiger charge is -2.25. The third-order valence-electron chi connectivity index (χ3n) is 3.94. The monoisotopic (exact) mass is 263 g/mol. The van der Waals surface area contributed by atoms with Gasteiger partial charge in [-0.15, -0.1) is 0 Å². The van der Waals surface area contributed by atoms with Crippen LogP contribution in [0.2, 0.25) is 0 Å². The Hall–Kier alpha value is -1.00. The quantitative estimate of drug-likeness (QED) is 0.766. The average molecular weight is 263 g/mol. The molecule has 1 aliphatic carbocycles. The topological polar surface area (TPSA) is 47.0 Å². The van der Waals surface area contributed by atoms with Gasteiger partial charge in [0.2, 0.25) is 0 Å². The number of aryl methyl sites for hydroxylation is 2. The van der Waals surface area contributed by atoms with Crippen LogP contribution in [0.3, 0.4) is 0 Å². The Bertz CT molecular complexity index is 393. The highest BCUT2D eigenvalue weighted by Gasteiger charge is 2.23. The van der Waals surface area contributed by atoms with E-state index in [-0.39, 0.29) is 0 Å². The highest BCUT2D eigenvalue weighted by atomic mass is 16.5. The molecule has 0 aliphatic heterocycles. The summed E-state index contributed by atoms with van der Waals surface area (Å²) in [6, 6.07) is 0. The van der Waals surface area contributed by atoms with Crippen molar-refractivity contribution in [2.75, 3.05) is 26.8 Å². The van der Waals surface area contributed by atoms with E-state index in [4.69, 9.17) is 14.7 Å². The van der Waals surface area contributed by atoms with Gasteiger partial charge in [-0.3, -0.25) is 0 Å². The van der Waals surface area contributed by atoms with Gasteiger partial charge in [0, 0.05) is 31.0 Å². The van der Waals surface area contributed by atoms with Crippen molar-refractivity contribution in [3.63, 3.8) is 0 Å². The maximum atomic E-state index is 5.02. The van der Waals surface area contributed by atoms with Crippen molar-refractivity contribution in [2.45, 2.75) is 45.4 Å². The van der Waals surface area contributed by atoms with Crippen LogP contribution >= 0.6 is 0 Å². The average Bonchev–Trinajstić information content (AvgIpc) is 2.29. The van der Waals surface area contributed by atoms with Gasteiger partial charge in [-0.25, -0.2) is 9.97 Å². The first-order valence-electron chi connectivity index (χ1n) is 7.26. The number of methoxy groups -OCH3 is 1. The van der Waals surface area contributed by atoms with Crippen molar-refractivity contribution in [3.05, 3.63) is 22.8 Å². The van der Waals surface area contributed by atoms with Gasteiger partial charge in [-0.1, -0.05) is 6.42 Å². The van der Waals surface area contributed by atoms with E-state index in [0.29, 0.717) is 5.92 Å². The Balaban J connectivity index is 1.92. The summed E-state index contributed by atoms with van der Waals surface area (Å²) in [6.45, 7) is 6.84. The number of hydrogen-bond acceptors (Lipinski definition) is 4. The van der Waals surface area contributed by atoms with Crippen LogP contribution in [0.25, 0.3) is 0 Å². The first-order chi connectivity index (χ1) is 9.22. The van der Waals surface area contributed by atoms with Crippen molar-refractivity contribution in [1.82, 2.24) is 15.3 Å². The lowest BCUT2D eigenvalue weighted by Crippen LogP contribution is -2.23. The predicted molar refractivity (Wildman–Crippen MR) is 76.5 cm³/mol. The van der Waals surface area contributed by atoms with E-state index in [0.717, 1.165) is 43.3 Å². The molecule has 0 amide bonds. The fourth-order valence-electron chi connectivity index (χ4n) is 2.49. The SMILES string of the molecule is COCCNCCc1c(C)nc(C2CCC2)nc1C. The van der Waals surface area contributed by atoms with Gasteiger partial charge in [0.25, 0.3) is 0 Å². The number of hydrogen-bond donors (Lipinski definition) is 1. The Morgan fingerprint density at radius 3 is 2.37 bits per heavy atom. The molecule has 1 fully saturated rings. The van der Waals surface area contributed by atoms with E-state index in [1.807, 2.05) is 0 Å². The summed E-state index contributed by atoms with van der Waals surface area (Å²) in [7, 11) is 1.73. The zero-order chi connectivity index (χ0) is 13.7. The number of ether oxygens (including phenoxy) is 1. The molecule has 1 saturated carbocycles. The maximum absolute atomic E-state index is 5.02. The second-order valence-corrected chi connectivity index (χ2v) is 5.35. The van der Waals surface area contributed by atoms with Gasteiger partial charge in [-0.2, -0.15) is 0 Å². The van der Waals surface area contributed by atoms with Crippen LogP contribution in [0.5, 0.6) is 0 Å². The van der Waals surface area contributed by atoms with Gasteiger partial charge in [0.1, 0.15) is 5.82 Å². The van der Waals surface area contributed by atoms with E-state index in [1.165, 1.54) is 24.8 Å². The second kappa shape index (κ2) is 6.96. The number of nitrogens with one attached hydrogen (secondary N) is 1. The fourth-order valence-corrected chi connectivity index (χ4v) is 2.49. The normalized spacial score (nSPS) is 15.5. The number of aromatic nitrogens is 2. The predicted octanol–water partition coefficient (Wildman–Crippen LogP) is 2.14. The third kappa shape index (κ3) is 3.74. The van der Waals surface area contributed by atoms with Crippen molar-refractivity contribution in [1.29, 1.82) is 0 Å². The van der Waals surface area contributed by atoms with Gasteiger partial charge < -0.3 is 10.1 Å². The maximum Gasteiger partial charge on any atom is 0.131 e. The third-order valence-corrected chi connectivity index (χ3v) is 3.94. The molecule has 1 aromatic heterocycles. The minimum absolute atomic E-state index is 0.617. The molecule has 1 N–H and O–H groups in total. The van der Waals surface area contributed by atoms with Crippen LogP contribution in [0, 0.1) is 13.8 Å². The van der Waals surface area contributed by atoms with Crippen LogP contribution in [0.1, 0.15) is 48.0 Å². The Kier molecular flexibility index (Phi) is 5.28. The van der Waals surface area contributed by atoms with Crippen molar-refractivity contribution in [3.8, 4) is 0 Å². The van der Waals surface area contributed by atoms with Crippen LogP contribution in [0.4, 0.5) is 0 Å². The molecule has 0 radical (unpaired) electrons. The molecular weight excluding hydrogens is 238 g/mol. The zero-order valence-corrected chi connectivity index (χ0v) is 12.3. The zero-order valence-electron chi connectivity index (χ0n) is 12.3. The number of rotatable bonds is 7. The molecule has 19 heavy (non-hydrogen) atoms. The lowest BCUT2D eigenvalue weighted by atomic mass is 9.84. The number of nitrogens with zero attached hydrogens (tertiary/aromatic N) is 2. The summed E-state index contributed by atoms with van der Waals surface area (Å²) in [6.07, 6.45) is 4.84. The van der Waals surface area contributed by atoms with Crippen LogP contribution in [0.15, 0.2) is 0 Å². The van der Waals surface area contributed by atoms with Crippen molar-refractivity contribution in [2.24, 2.45) is 0 Å². The molecule has 0 saturated heterocycles. The summed E-state index contributed by atoms with van der Waals surface area (Å²) in [4.78, 5) is 9.41. The highest BCUT2D eigenvalue weighted by molar-refractivity contribution is 5.26. The molecular formula is C15H25N3O. The first-order valence-corrected chi connectivity index (χ1v) is 7.26. The Labute approximate surface area is 116 Å². The molecule has 0 bridgehead atoms. The smallest absolute Gasteiger partial charge is 0.131 e. The molecule has 1 aromatic rings. The van der Waals surface area contributed by atoms with Gasteiger partial charge in [0.05, 0.1) is 6.61 Å². The minimum atomic E-state index is 0.617. The molecule has 4 heteroatoms. The first kappa shape index (κ1) is 14.4. The van der Waals surface area contributed by atoms with E-state index < -0.39 is 0 Å². The molecule has 0 spiro atoms. The Morgan fingerprint density at radius 1 is 1.16 bits per heavy atom. The standard InChI is InChI=1S/C15H25N3O/c1-11-14(7-8-16-9-10-19-3)12(2)18-15(17-11)13-5-4-6-13/h13,16H,4-10H2,1-3H3. The van der Waals surface area contributed by atoms with Crippen molar-refractivity contribution >= 4 is 0 Å². The summed E-state index contributed by atoms with van der Waals surface area (Å²) in [5.41, 5.74) is 3.61. The Morgan fingerprint density at radius 2 is 1.84 bits per heavy atom. The molecule has 0 atom stereocenters. The molecule has 1 heterocycles. The van der Waals surface area contributed by atoms with Gasteiger partial charge >= 0.3 is 0 Å². The second-order valence-electron chi connectivity index (χ2n) is 5.35. The summed E-state index contributed by atoms with van der Waals surface area (Å²) < 4.78 is 5.02. The molecule has 0 unspecified atom stereocenters.